The third-order valence-electron chi connectivity index (χ3n) is 3.89. The molecule has 2 aliphatic rings. The van der Waals surface area contributed by atoms with Crippen molar-refractivity contribution in [2.75, 3.05) is 6.54 Å². The normalized spacial score (nSPS) is 34.4. The average molecular weight is 218 g/mol. The van der Waals surface area contributed by atoms with Crippen LogP contribution < -0.4 is 5.32 Å². The Labute approximate surface area is 95.9 Å². The minimum Gasteiger partial charge on any atom is -0.357 e. The Balaban J connectivity index is 1.69. The van der Waals surface area contributed by atoms with E-state index in [1.54, 1.807) is 6.20 Å². The Hall–Kier alpha value is -1.09. The van der Waals surface area contributed by atoms with E-state index in [0.717, 1.165) is 11.7 Å². The molecule has 3 nitrogen and oxygen atoms in total. The van der Waals surface area contributed by atoms with Crippen molar-refractivity contribution < 1.29 is 4.52 Å². The molecule has 1 saturated carbocycles. The van der Waals surface area contributed by atoms with Crippen LogP contribution in [-0.4, -0.2) is 17.7 Å². The van der Waals surface area contributed by atoms with Crippen LogP contribution in [0.3, 0.4) is 0 Å². The predicted molar refractivity (Wildman–Crippen MR) is 62.8 cm³/mol. The quantitative estimate of drug-likeness (QED) is 0.828. The monoisotopic (exact) mass is 218 g/mol. The summed E-state index contributed by atoms with van der Waals surface area (Å²) in [6.45, 7) is 1.22. The summed E-state index contributed by atoms with van der Waals surface area (Å²) in [4.78, 5) is 0. The summed E-state index contributed by atoms with van der Waals surface area (Å²) in [6, 6.07) is 2.59. The van der Waals surface area contributed by atoms with Gasteiger partial charge in [-0.3, -0.25) is 0 Å². The highest BCUT2D eigenvalue weighted by molar-refractivity contribution is 5.42. The van der Waals surface area contributed by atoms with Crippen molar-refractivity contribution in [1.29, 1.82) is 0 Å². The Morgan fingerprint density at radius 2 is 2.44 bits per heavy atom. The number of aromatic nitrogens is 1. The number of fused-ring (bicyclic) bond motifs is 2. The number of hydrogen-bond acceptors (Lipinski definition) is 3. The predicted octanol–water partition coefficient (Wildman–Crippen LogP) is 2.47. The molecule has 1 aliphatic carbocycles. The second kappa shape index (κ2) is 4.42. The Kier molecular flexibility index (Phi) is 2.79. The lowest BCUT2D eigenvalue weighted by Gasteiger charge is -2.19. The molecule has 1 aromatic heterocycles. The van der Waals surface area contributed by atoms with Gasteiger partial charge in [-0.1, -0.05) is 17.7 Å². The van der Waals surface area contributed by atoms with Gasteiger partial charge in [-0.05, 0) is 43.7 Å². The van der Waals surface area contributed by atoms with Crippen LogP contribution >= 0.6 is 0 Å². The van der Waals surface area contributed by atoms with Crippen LogP contribution in [0.1, 0.15) is 31.4 Å². The maximum Gasteiger partial charge on any atom is 0.159 e. The molecule has 0 aromatic carbocycles. The van der Waals surface area contributed by atoms with Crippen molar-refractivity contribution >= 4 is 6.08 Å². The first-order chi connectivity index (χ1) is 7.92. The highest BCUT2D eigenvalue weighted by Crippen LogP contribution is 2.32. The molecule has 0 amide bonds. The third kappa shape index (κ3) is 2.05. The van der Waals surface area contributed by atoms with E-state index in [-0.39, 0.29) is 0 Å². The van der Waals surface area contributed by atoms with E-state index in [4.69, 9.17) is 4.52 Å². The fourth-order valence-corrected chi connectivity index (χ4v) is 2.99. The van der Waals surface area contributed by atoms with Crippen LogP contribution in [0, 0.1) is 11.8 Å². The summed E-state index contributed by atoms with van der Waals surface area (Å²) >= 11 is 0. The zero-order valence-electron chi connectivity index (χ0n) is 9.43. The molecular weight excluding hydrogens is 200 g/mol. The van der Waals surface area contributed by atoms with Crippen molar-refractivity contribution in [3.05, 3.63) is 24.1 Å². The van der Waals surface area contributed by atoms with E-state index in [0.29, 0.717) is 12.0 Å². The standard InChI is InChI=1S/C13H18N2O/c1-2-10-8-13(14-9-10)11(3-1)4-5-12-6-7-15-16-12/h4-7,10-11,13-14H,1-3,8-9H2/b5-4-. The highest BCUT2D eigenvalue weighted by Gasteiger charge is 2.31. The first-order valence-corrected chi connectivity index (χ1v) is 6.24. The highest BCUT2D eigenvalue weighted by atomic mass is 16.5. The zero-order chi connectivity index (χ0) is 10.8. The zero-order valence-corrected chi connectivity index (χ0v) is 9.43. The fourth-order valence-electron chi connectivity index (χ4n) is 2.99. The first kappa shape index (κ1) is 10.1. The van der Waals surface area contributed by atoms with E-state index in [1.807, 2.05) is 6.07 Å². The largest absolute Gasteiger partial charge is 0.357 e. The van der Waals surface area contributed by atoms with Gasteiger partial charge in [0.05, 0.1) is 6.20 Å². The molecule has 2 fully saturated rings. The van der Waals surface area contributed by atoms with Crippen LogP contribution in [0.15, 0.2) is 22.9 Å². The van der Waals surface area contributed by atoms with Crippen LogP contribution in [0.2, 0.25) is 0 Å². The van der Waals surface area contributed by atoms with Gasteiger partial charge in [0.25, 0.3) is 0 Å². The Morgan fingerprint density at radius 3 is 3.31 bits per heavy atom. The first-order valence-electron chi connectivity index (χ1n) is 6.24. The molecule has 3 atom stereocenters. The molecule has 16 heavy (non-hydrogen) atoms. The average Bonchev–Trinajstić information content (AvgIpc) is 2.88. The van der Waals surface area contributed by atoms with Gasteiger partial charge in [0.2, 0.25) is 0 Å². The van der Waals surface area contributed by atoms with Crippen LogP contribution in [0.5, 0.6) is 0 Å². The van der Waals surface area contributed by atoms with Gasteiger partial charge in [-0.25, -0.2) is 0 Å². The minimum atomic E-state index is 0.664. The van der Waals surface area contributed by atoms with Crippen LogP contribution in [0.4, 0.5) is 0 Å². The minimum absolute atomic E-state index is 0.664. The van der Waals surface area contributed by atoms with E-state index in [2.05, 4.69) is 22.6 Å². The van der Waals surface area contributed by atoms with Gasteiger partial charge in [0.1, 0.15) is 0 Å². The molecule has 0 radical (unpaired) electrons. The van der Waals surface area contributed by atoms with Crippen molar-refractivity contribution in [3.8, 4) is 0 Å². The molecule has 1 aromatic rings. The van der Waals surface area contributed by atoms with Gasteiger partial charge in [0, 0.05) is 12.1 Å². The SMILES string of the molecule is C(=C/C1CCCC2CNC1C2)/c1ccno1. The Bertz CT molecular complexity index is 358. The number of hydrogen-bond donors (Lipinski definition) is 1. The number of nitrogens with one attached hydrogen (secondary N) is 1. The summed E-state index contributed by atoms with van der Waals surface area (Å²) in [5, 5.41) is 7.35. The maximum atomic E-state index is 5.08. The second-order valence-electron chi connectivity index (χ2n) is 4.99. The van der Waals surface area contributed by atoms with Gasteiger partial charge in [0.15, 0.2) is 5.76 Å². The van der Waals surface area contributed by atoms with E-state index < -0.39 is 0 Å². The molecule has 1 N–H and O–H groups in total. The molecule has 3 unspecified atom stereocenters. The van der Waals surface area contributed by atoms with E-state index in [9.17, 15) is 0 Å². The smallest absolute Gasteiger partial charge is 0.159 e. The molecule has 2 heterocycles. The molecule has 1 saturated heterocycles. The van der Waals surface area contributed by atoms with Gasteiger partial charge < -0.3 is 9.84 Å². The van der Waals surface area contributed by atoms with Gasteiger partial charge in [-0.15, -0.1) is 0 Å². The summed E-state index contributed by atoms with van der Waals surface area (Å²) < 4.78 is 5.08. The summed E-state index contributed by atoms with van der Waals surface area (Å²) in [5.74, 6) is 2.45. The lowest BCUT2D eigenvalue weighted by molar-refractivity contribution is 0.410. The lowest BCUT2D eigenvalue weighted by Crippen LogP contribution is -2.29. The molecule has 0 spiro atoms. The third-order valence-corrected chi connectivity index (χ3v) is 3.89. The molecular formula is C13H18N2O. The van der Waals surface area contributed by atoms with E-state index in [1.165, 1.54) is 32.2 Å². The summed E-state index contributed by atoms with van der Waals surface area (Å²) in [6.07, 6.45) is 11.5. The van der Waals surface area contributed by atoms with Gasteiger partial charge >= 0.3 is 0 Å². The van der Waals surface area contributed by atoms with E-state index >= 15 is 0 Å². The lowest BCUT2D eigenvalue weighted by atomic mass is 9.95. The van der Waals surface area contributed by atoms with Crippen LogP contribution in [-0.2, 0) is 0 Å². The summed E-state index contributed by atoms with van der Waals surface area (Å²) in [7, 11) is 0. The topological polar surface area (TPSA) is 38.1 Å². The fraction of sp³-hybridized carbons (Fsp3) is 0.615. The number of rotatable bonds is 2. The van der Waals surface area contributed by atoms with Crippen molar-refractivity contribution in [2.45, 2.75) is 31.7 Å². The maximum absolute atomic E-state index is 5.08. The molecule has 3 rings (SSSR count). The molecule has 3 heteroatoms. The van der Waals surface area contributed by atoms with Gasteiger partial charge in [-0.2, -0.15) is 0 Å². The Morgan fingerprint density at radius 1 is 1.44 bits per heavy atom. The van der Waals surface area contributed by atoms with Crippen molar-refractivity contribution in [3.63, 3.8) is 0 Å². The van der Waals surface area contributed by atoms with Crippen molar-refractivity contribution in [1.82, 2.24) is 10.5 Å². The van der Waals surface area contributed by atoms with Crippen LogP contribution in [0.25, 0.3) is 6.08 Å². The number of nitrogens with zero attached hydrogens (tertiary/aromatic N) is 1. The molecule has 2 bridgehead atoms. The molecule has 1 aliphatic heterocycles. The second-order valence-corrected chi connectivity index (χ2v) is 4.99. The summed E-state index contributed by atoms with van der Waals surface area (Å²) in [5.41, 5.74) is 0. The van der Waals surface area contributed by atoms with Crippen molar-refractivity contribution in [2.24, 2.45) is 11.8 Å². The molecule has 86 valence electrons.